The van der Waals surface area contributed by atoms with Gasteiger partial charge in [-0.1, -0.05) is 18.2 Å². The topological polar surface area (TPSA) is 47.6 Å². The number of carbonyl (C=O) groups excluding carboxylic acids is 1. The summed E-state index contributed by atoms with van der Waals surface area (Å²) in [7, 11) is 1.32. The van der Waals surface area contributed by atoms with Gasteiger partial charge in [0.05, 0.1) is 13.5 Å². The molecule has 1 aromatic carbocycles. The Balaban J connectivity index is 2.60. The molecular formula is C13H17F2NO3. The molecule has 0 aliphatic heterocycles. The third-order valence-corrected chi connectivity index (χ3v) is 2.61. The van der Waals surface area contributed by atoms with Crippen LogP contribution in [0.1, 0.15) is 24.9 Å². The summed E-state index contributed by atoms with van der Waals surface area (Å²) in [6.07, 6.45) is 0.221. The Morgan fingerprint density at radius 2 is 2.05 bits per heavy atom. The Hall–Kier alpha value is -1.69. The Labute approximate surface area is 110 Å². The number of ether oxygens (including phenoxy) is 2. The summed E-state index contributed by atoms with van der Waals surface area (Å²) in [6, 6.07) is 6.35. The van der Waals surface area contributed by atoms with E-state index in [4.69, 9.17) is 0 Å². The minimum Gasteiger partial charge on any atom is -0.469 e. The second kappa shape index (κ2) is 7.68. The molecule has 0 aromatic heterocycles. The van der Waals surface area contributed by atoms with Gasteiger partial charge in [-0.2, -0.15) is 8.78 Å². The summed E-state index contributed by atoms with van der Waals surface area (Å²) in [5, 5.41) is 3.05. The van der Waals surface area contributed by atoms with Crippen LogP contribution in [-0.2, 0) is 9.53 Å². The summed E-state index contributed by atoms with van der Waals surface area (Å²) in [4.78, 5) is 11.0. The van der Waals surface area contributed by atoms with Crippen LogP contribution in [0.4, 0.5) is 8.78 Å². The highest BCUT2D eigenvalue weighted by molar-refractivity contribution is 5.69. The summed E-state index contributed by atoms with van der Waals surface area (Å²) >= 11 is 0. The van der Waals surface area contributed by atoms with Crippen molar-refractivity contribution in [2.45, 2.75) is 26.0 Å². The van der Waals surface area contributed by atoms with Gasteiger partial charge in [0.25, 0.3) is 0 Å². The molecule has 0 radical (unpaired) electrons. The number of rotatable bonds is 7. The van der Waals surface area contributed by atoms with Gasteiger partial charge >= 0.3 is 12.6 Å². The molecule has 1 rings (SSSR count). The van der Waals surface area contributed by atoms with E-state index in [0.29, 0.717) is 12.1 Å². The predicted octanol–water partition coefficient (Wildman–Crippen LogP) is 2.50. The quantitative estimate of drug-likeness (QED) is 0.775. The van der Waals surface area contributed by atoms with Crippen LogP contribution in [0.3, 0.4) is 0 Å². The second-order valence-corrected chi connectivity index (χ2v) is 3.92. The number of nitrogens with one attached hydrogen (secondary N) is 1. The van der Waals surface area contributed by atoms with Crippen LogP contribution in [0.2, 0.25) is 0 Å². The highest BCUT2D eigenvalue weighted by atomic mass is 19.3. The Morgan fingerprint density at radius 1 is 1.37 bits per heavy atom. The molecule has 1 N–H and O–H groups in total. The van der Waals surface area contributed by atoms with E-state index in [9.17, 15) is 13.6 Å². The first-order chi connectivity index (χ1) is 9.04. The number of esters is 1. The highest BCUT2D eigenvalue weighted by Gasteiger charge is 2.14. The van der Waals surface area contributed by atoms with Gasteiger partial charge in [0.2, 0.25) is 0 Å². The molecule has 0 saturated carbocycles. The summed E-state index contributed by atoms with van der Waals surface area (Å²) in [6.45, 7) is -0.648. The highest BCUT2D eigenvalue weighted by Crippen LogP contribution is 2.26. The third kappa shape index (κ3) is 5.21. The Bertz CT molecular complexity index is 413. The van der Waals surface area contributed by atoms with Crippen molar-refractivity contribution in [2.75, 3.05) is 13.7 Å². The van der Waals surface area contributed by atoms with E-state index in [-0.39, 0.29) is 24.2 Å². The second-order valence-electron chi connectivity index (χ2n) is 3.92. The zero-order valence-corrected chi connectivity index (χ0v) is 10.9. The minimum atomic E-state index is -2.86. The van der Waals surface area contributed by atoms with Crippen LogP contribution in [0, 0.1) is 0 Å². The number of methoxy groups -OCH3 is 1. The van der Waals surface area contributed by atoms with Gasteiger partial charge in [0.15, 0.2) is 0 Å². The van der Waals surface area contributed by atoms with E-state index in [1.54, 1.807) is 18.2 Å². The molecule has 106 valence electrons. The lowest BCUT2D eigenvalue weighted by Gasteiger charge is -2.17. The molecule has 0 fully saturated rings. The minimum absolute atomic E-state index is 0.135. The van der Waals surface area contributed by atoms with Gasteiger partial charge in [0, 0.05) is 18.2 Å². The van der Waals surface area contributed by atoms with Crippen LogP contribution in [-0.4, -0.2) is 26.2 Å². The normalized spacial score (nSPS) is 12.3. The molecule has 0 amide bonds. The van der Waals surface area contributed by atoms with E-state index >= 15 is 0 Å². The molecule has 6 heteroatoms. The summed E-state index contributed by atoms with van der Waals surface area (Å²) in [5.41, 5.74) is 0.618. The standard InChI is InChI=1S/C13H17F2NO3/c1-9(16-8-7-12(17)18-2)10-5-3-4-6-11(10)19-13(14)15/h3-6,9,13,16H,7-8H2,1-2H3. The lowest BCUT2D eigenvalue weighted by atomic mass is 10.1. The average molecular weight is 273 g/mol. The first-order valence-corrected chi connectivity index (χ1v) is 5.88. The third-order valence-electron chi connectivity index (χ3n) is 2.61. The SMILES string of the molecule is COC(=O)CCNC(C)c1ccccc1OC(F)F. The molecule has 0 heterocycles. The molecule has 0 bridgehead atoms. The van der Waals surface area contributed by atoms with Crippen LogP contribution < -0.4 is 10.1 Å². The van der Waals surface area contributed by atoms with Crippen molar-refractivity contribution in [3.63, 3.8) is 0 Å². The zero-order chi connectivity index (χ0) is 14.3. The molecule has 0 saturated heterocycles. The number of hydrogen-bond acceptors (Lipinski definition) is 4. The van der Waals surface area contributed by atoms with E-state index in [1.807, 2.05) is 6.92 Å². The zero-order valence-electron chi connectivity index (χ0n) is 10.9. The maximum absolute atomic E-state index is 12.3. The number of halogens is 2. The van der Waals surface area contributed by atoms with Gasteiger partial charge in [-0.15, -0.1) is 0 Å². The van der Waals surface area contributed by atoms with Gasteiger partial charge in [-0.3, -0.25) is 4.79 Å². The number of alkyl halides is 2. The fraction of sp³-hybridized carbons (Fsp3) is 0.462. The van der Waals surface area contributed by atoms with Crippen molar-refractivity contribution in [3.05, 3.63) is 29.8 Å². The van der Waals surface area contributed by atoms with Gasteiger partial charge in [0.1, 0.15) is 5.75 Å². The van der Waals surface area contributed by atoms with Crippen molar-refractivity contribution in [3.8, 4) is 5.75 Å². The fourth-order valence-corrected chi connectivity index (χ4v) is 1.64. The van der Waals surface area contributed by atoms with Gasteiger partial charge < -0.3 is 14.8 Å². The molecule has 0 spiro atoms. The molecule has 4 nitrogen and oxygen atoms in total. The maximum Gasteiger partial charge on any atom is 0.387 e. The number of carbonyl (C=O) groups is 1. The lowest BCUT2D eigenvalue weighted by Crippen LogP contribution is -2.23. The molecule has 0 aliphatic carbocycles. The maximum atomic E-state index is 12.3. The molecular weight excluding hydrogens is 256 g/mol. The number of para-hydroxylation sites is 1. The smallest absolute Gasteiger partial charge is 0.387 e. The van der Waals surface area contributed by atoms with E-state index in [0.717, 1.165) is 0 Å². The molecule has 1 atom stereocenters. The van der Waals surface area contributed by atoms with E-state index in [1.165, 1.54) is 13.2 Å². The summed E-state index contributed by atoms with van der Waals surface area (Å²) in [5.74, 6) is -0.188. The van der Waals surface area contributed by atoms with Crippen LogP contribution in [0.25, 0.3) is 0 Å². The molecule has 1 unspecified atom stereocenters. The summed E-state index contributed by atoms with van der Waals surface area (Å²) < 4.78 is 33.5. The molecule has 19 heavy (non-hydrogen) atoms. The molecule has 0 aliphatic rings. The number of hydrogen-bond donors (Lipinski definition) is 1. The first kappa shape index (κ1) is 15.4. The van der Waals surface area contributed by atoms with E-state index in [2.05, 4.69) is 14.8 Å². The van der Waals surface area contributed by atoms with Crippen molar-refractivity contribution in [1.29, 1.82) is 0 Å². The lowest BCUT2D eigenvalue weighted by molar-refractivity contribution is -0.140. The van der Waals surface area contributed by atoms with Crippen LogP contribution in [0.15, 0.2) is 24.3 Å². The predicted molar refractivity (Wildman–Crippen MR) is 66.1 cm³/mol. The van der Waals surface area contributed by atoms with Crippen molar-refractivity contribution in [2.24, 2.45) is 0 Å². The van der Waals surface area contributed by atoms with Crippen molar-refractivity contribution < 1.29 is 23.0 Å². The van der Waals surface area contributed by atoms with Gasteiger partial charge in [-0.05, 0) is 13.0 Å². The Morgan fingerprint density at radius 3 is 2.68 bits per heavy atom. The average Bonchev–Trinajstić information content (AvgIpc) is 2.38. The number of benzene rings is 1. The molecule has 1 aromatic rings. The Kier molecular flexibility index (Phi) is 6.21. The van der Waals surface area contributed by atoms with E-state index < -0.39 is 6.61 Å². The van der Waals surface area contributed by atoms with Crippen molar-refractivity contribution in [1.82, 2.24) is 5.32 Å². The monoisotopic (exact) mass is 273 g/mol. The largest absolute Gasteiger partial charge is 0.469 e. The van der Waals surface area contributed by atoms with Crippen molar-refractivity contribution >= 4 is 5.97 Å². The van der Waals surface area contributed by atoms with Gasteiger partial charge in [-0.25, -0.2) is 0 Å². The fourth-order valence-electron chi connectivity index (χ4n) is 1.64. The first-order valence-electron chi connectivity index (χ1n) is 5.88. The van der Waals surface area contributed by atoms with Crippen LogP contribution in [0.5, 0.6) is 5.75 Å². The van der Waals surface area contributed by atoms with Crippen LogP contribution >= 0.6 is 0 Å².